The average molecular weight is 951 g/mol. The molecule has 0 saturated heterocycles. The van der Waals surface area contributed by atoms with Crippen molar-refractivity contribution in [2.45, 2.75) is 22.9 Å². The highest BCUT2D eigenvalue weighted by Crippen LogP contribution is 2.30. The van der Waals surface area contributed by atoms with Crippen LogP contribution in [0.3, 0.4) is 0 Å². The average Bonchev–Trinajstić information content (AvgIpc) is 3.35. The first-order chi connectivity index (χ1) is 33.2. The van der Waals surface area contributed by atoms with Gasteiger partial charge in [0.25, 0.3) is 20.0 Å². The largest absolute Gasteiger partial charge is 0.488 e. The minimum atomic E-state index is -3.84. The normalized spacial score (nSPS) is 14.7. The number of fused-ring (bicyclic) bond motifs is 4. The van der Waals surface area contributed by atoms with Crippen molar-refractivity contribution in [1.29, 1.82) is 0 Å². The molecular formula is C52H50N6O8S2. The van der Waals surface area contributed by atoms with E-state index in [1.807, 2.05) is 84.9 Å². The van der Waals surface area contributed by atoms with E-state index in [-0.39, 0.29) is 9.79 Å². The van der Waals surface area contributed by atoms with E-state index in [0.717, 1.165) is 22.2 Å². The molecule has 1 aliphatic rings. The number of ether oxygens (including phenoxy) is 4. The van der Waals surface area contributed by atoms with Crippen LogP contribution in [0.1, 0.15) is 11.4 Å². The van der Waals surface area contributed by atoms with Gasteiger partial charge in [0.2, 0.25) is 0 Å². The number of hydrogen-bond acceptors (Lipinski definition) is 12. The number of rotatable bonds is 10. The Morgan fingerprint density at radius 3 is 1.09 bits per heavy atom. The minimum Gasteiger partial charge on any atom is -0.488 e. The van der Waals surface area contributed by atoms with Gasteiger partial charge in [0.1, 0.15) is 26.4 Å². The van der Waals surface area contributed by atoms with Gasteiger partial charge in [-0.2, -0.15) is 0 Å². The van der Waals surface area contributed by atoms with Gasteiger partial charge >= 0.3 is 0 Å². The summed E-state index contributed by atoms with van der Waals surface area (Å²) in [5.74, 6) is 2.42. The molecule has 2 N–H and O–H groups in total. The Morgan fingerprint density at radius 1 is 0.397 bits per heavy atom. The fourth-order valence-electron chi connectivity index (χ4n) is 7.84. The molecule has 2 aromatic heterocycles. The molecule has 0 atom stereocenters. The zero-order chi connectivity index (χ0) is 46.8. The fraction of sp³-hybridized carbons (Fsp3) is 0.192. The minimum absolute atomic E-state index is 0.165. The summed E-state index contributed by atoms with van der Waals surface area (Å²) in [5.41, 5.74) is 3.36. The molecule has 1 aliphatic heterocycles. The Hall–Kier alpha value is -7.24. The molecule has 0 unspecified atom stereocenters. The Kier molecular flexibility index (Phi) is 14.3. The predicted octanol–water partition coefficient (Wildman–Crippen LogP) is 8.62. The lowest BCUT2D eigenvalue weighted by Gasteiger charge is -2.25. The lowest BCUT2D eigenvalue weighted by molar-refractivity contribution is 0.149. The van der Waals surface area contributed by atoms with Crippen molar-refractivity contribution in [3.8, 4) is 23.0 Å². The maximum absolute atomic E-state index is 13.3. The molecule has 0 bridgehead atoms. The molecule has 0 spiro atoms. The van der Waals surface area contributed by atoms with Gasteiger partial charge in [-0.15, -0.1) is 0 Å². The van der Waals surface area contributed by atoms with Crippen LogP contribution < -0.4 is 28.4 Å². The van der Waals surface area contributed by atoms with Crippen LogP contribution in [0, 0.1) is 0 Å². The molecular weight excluding hydrogens is 901 g/mol. The third-order valence-electron chi connectivity index (χ3n) is 11.3. The van der Waals surface area contributed by atoms with Gasteiger partial charge in [0.05, 0.1) is 43.6 Å². The Bertz CT molecular complexity index is 2950. The van der Waals surface area contributed by atoms with Gasteiger partial charge in [-0.05, 0) is 72.8 Å². The van der Waals surface area contributed by atoms with Gasteiger partial charge < -0.3 is 18.9 Å². The van der Waals surface area contributed by atoms with Crippen molar-refractivity contribution in [2.24, 2.45) is 0 Å². The first kappa shape index (κ1) is 45.9. The molecule has 348 valence electrons. The van der Waals surface area contributed by atoms with E-state index in [1.165, 1.54) is 0 Å². The standard InChI is InChI=1S/C52H50N6O8S2/c59-67(60,43-15-3-1-4-16-43)55-45-19-11-13-39-25-27-41(53-51(39)45)37-57-29-33-63-47-21-7-9-23-49(47)65-35-31-58(32-36-66-50-24-10-8-22-48(50)64-34-30-57)38-42-28-26-40-14-12-20-46(52(40)54-42)56-68(61,62)44-17-5-2-6-18-44/h1-28,55-56H,29-38H2. The number of benzene rings is 6. The van der Waals surface area contributed by atoms with Crippen LogP contribution in [0.4, 0.5) is 11.4 Å². The van der Waals surface area contributed by atoms with E-state index in [0.29, 0.717) is 111 Å². The van der Waals surface area contributed by atoms with Gasteiger partial charge in [-0.1, -0.05) is 97.1 Å². The van der Waals surface area contributed by atoms with Crippen molar-refractivity contribution in [3.05, 3.63) is 181 Å². The first-order valence-electron chi connectivity index (χ1n) is 22.2. The molecule has 9 rings (SSSR count). The molecule has 14 nitrogen and oxygen atoms in total. The summed E-state index contributed by atoms with van der Waals surface area (Å²) in [4.78, 5) is 14.6. The maximum atomic E-state index is 13.3. The van der Waals surface area contributed by atoms with E-state index in [9.17, 15) is 16.8 Å². The molecule has 3 heterocycles. The van der Waals surface area contributed by atoms with Crippen molar-refractivity contribution < 1.29 is 35.8 Å². The molecule has 8 aromatic rings. The molecule has 0 saturated carbocycles. The van der Waals surface area contributed by atoms with Gasteiger partial charge in [-0.3, -0.25) is 19.2 Å². The second kappa shape index (κ2) is 21.2. The topological polar surface area (TPSA) is 162 Å². The SMILES string of the molecule is O=S(=O)(Nc1cccc2ccc(CN3CCOc4ccccc4OCCN(Cc4ccc5cccc(NS(=O)(=O)c6ccccc6)c5n4)CCOc4ccccc4OCC3)nc12)c1ccccc1. The van der Waals surface area contributed by atoms with Crippen LogP contribution in [0.5, 0.6) is 23.0 Å². The lowest BCUT2D eigenvalue weighted by Crippen LogP contribution is -2.33. The Morgan fingerprint density at radius 2 is 0.735 bits per heavy atom. The van der Waals surface area contributed by atoms with Crippen LogP contribution in [-0.2, 0) is 33.1 Å². The highest BCUT2D eigenvalue weighted by molar-refractivity contribution is 7.93. The van der Waals surface area contributed by atoms with E-state index in [2.05, 4.69) is 19.2 Å². The quantitative estimate of drug-likeness (QED) is 0.135. The second-order valence-electron chi connectivity index (χ2n) is 16.0. The number of nitrogens with one attached hydrogen (secondary N) is 2. The van der Waals surface area contributed by atoms with Crippen LogP contribution >= 0.6 is 0 Å². The zero-order valence-corrected chi connectivity index (χ0v) is 38.7. The lowest BCUT2D eigenvalue weighted by atomic mass is 10.1. The highest BCUT2D eigenvalue weighted by Gasteiger charge is 2.20. The smallest absolute Gasteiger partial charge is 0.261 e. The van der Waals surface area contributed by atoms with Crippen molar-refractivity contribution in [3.63, 3.8) is 0 Å². The molecule has 68 heavy (non-hydrogen) atoms. The van der Waals surface area contributed by atoms with Crippen LogP contribution in [0.2, 0.25) is 0 Å². The van der Waals surface area contributed by atoms with Crippen molar-refractivity contribution >= 4 is 53.2 Å². The fourth-order valence-corrected chi connectivity index (χ4v) is 10.0. The number of nitrogens with zero attached hydrogens (tertiary/aromatic N) is 4. The molecule has 0 fully saturated rings. The third kappa shape index (κ3) is 11.5. The maximum Gasteiger partial charge on any atom is 0.261 e. The van der Waals surface area contributed by atoms with E-state index >= 15 is 0 Å². The molecule has 0 radical (unpaired) electrons. The summed E-state index contributed by atoms with van der Waals surface area (Å²) in [5, 5.41) is 1.60. The monoisotopic (exact) mass is 950 g/mol. The van der Waals surface area contributed by atoms with E-state index < -0.39 is 20.0 Å². The first-order valence-corrected chi connectivity index (χ1v) is 25.2. The summed E-state index contributed by atoms with van der Waals surface area (Å²) >= 11 is 0. The second-order valence-corrected chi connectivity index (χ2v) is 19.4. The molecule has 6 aromatic carbocycles. The Labute approximate surface area is 396 Å². The number of sulfonamides is 2. The third-order valence-corrected chi connectivity index (χ3v) is 14.0. The van der Waals surface area contributed by atoms with Crippen molar-refractivity contribution in [2.75, 3.05) is 62.1 Å². The van der Waals surface area contributed by atoms with Gasteiger partial charge in [0, 0.05) is 50.0 Å². The summed E-state index contributed by atoms with van der Waals surface area (Å²) in [6.45, 7) is 4.26. The van der Waals surface area contributed by atoms with E-state index in [4.69, 9.17) is 28.9 Å². The summed E-state index contributed by atoms with van der Waals surface area (Å²) in [6, 6.07) is 50.3. The van der Waals surface area contributed by atoms with Gasteiger partial charge in [-0.25, -0.2) is 26.8 Å². The highest BCUT2D eigenvalue weighted by atomic mass is 32.2. The molecule has 16 heteroatoms. The summed E-state index contributed by atoms with van der Waals surface area (Å²) < 4.78 is 84.3. The van der Waals surface area contributed by atoms with Crippen molar-refractivity contribution in [1.82, 2.24) is 19.8 Å². The number of hydrogen-bond donors (Lipinski definition) is 2. The zero-order valence-electron chi connectivity index (χ0n) is 37.1. The summed E-state index contributed by atoms with van der Waals surface area (Å²) in [7, 11) is -7.69. The van der Waals surface area contributed by atoms with Crippen LogP contribution in [0.25, 0.3) is 21.8 Å². The summed E-state index contributed by atoms with van der Waals surface area (Å²) in [6.07, 6.45) is 0. The van der Waals surface area contributed by atoms with Gasteiger partial charge in [0.15, 0.2) is 23.0 Å². The number of para-hydroxylation sites is 6. The van der Waals surface area contributed by atoms with Crippen LogP contribution in [-0.4, -0.2) is 89.2 Å². The number of anilines is 2. The molecule has 0 amide bonds. The number of pyridine rings is 2. The molecule has 0 aliphatic carbocycles. The predicted molar refractivity (Wildman–Crippen MR) is 263 cm³/mol. The number of aromatic nitrogens is 2. The van der Waals surface area contributed by atoms with Crippen LogP contribution in [0.15, 0.2) is 180 Å². The Balaban J connectivity index is 0.919. The van der Waals surface area contributed by atoms with E-state index in [1.54, 1.807) is 84.9 Å².